The van der Waals surface area contributed by atoms with Crippen LogP contribution in [0.5, 0.6) is 0 Å². The first kappa shape index (κ1) is 9.74. The first-order valence-electron chi connectivity index (χ1n) is 4.39. The molecule has 0 saturated carbocycles. The van der Waals surface area contributed by atoms with E-state index in [0.717, 1.165) is 27.7 Å². The van der Waals surface area contributed by atoms with Crippen molar-refractivity contribution in [3.05, 3.63) is 35.2 Å². The van der Waals surface area contributed by atoms with Crippen molar-refractivity contribution in [3.8, 4) is 10.6 Å². The fraction of sp³-hybridized carbons (Fsp3) is 0.200. The summed E-state index contributed by atoms with van der Waals surface area (Å²) < 4.78 is 0.795. The zero-order valence-electron chi connectivity index (χ0n) is 7.59. The summed E-state index contributed by atoms with van der Waals surface area (Å²) in [6, 6.07) is 3.89. The minimum Gasteiger partial charge on any atom is -0.285 e. The lowest BCUT2D eigenvalue weighted by Gasteiger charge is -1.96. The van der Waals surface area contributed by atoms with E-state index in [9.17, 15) is 0 Å². The summed E-state index contributed by atoms with van der Waals surface area (Å²) in [7, 11) is 0. The molecule has 0 aromatic carbocycles. The summed E-state index contributed by atoms with van der Waals surface area (Å²) in [4.78, 5) is 1.11. The molecule has 0 aliphatic heterocycles. The minimum atomic E-state index is 0.795. The summed E-state index contributed by atoms with van der Waals surface area (Å²) in [5.41, 5.74) is 2.21. The normalized spacial score (nSPS) is 10.7. The van der Waals surface area contributed by atoms with Crippen LogP contribution in [0.4, 0.5) is 0 Å². The van der Waals surface area contributed by atoms with Crippen LogP contribution in [0.3, 0.4) is 0 Å². The van der Waals surface area contributed by atoms with Gasteiger partial charge in [0.25, 0.3) is 0 Å². The molecule has 0 amide bonds. The van der Waals surface area contributed by atoms with E-state index in [1.54, 1.807) is 11.3 Å². The molecule has 0 unspecified atom stereocenters. The maximum atomic E-state index is 5.87. The lowest BCUT2D eigenvalue weighted by atomic mass is 10.1. The molecule has 0 bridgehead atoms. The SMILES string of the molecule is [CH2]CCc1c[nH]nc1-c1ccc(Cl)s1. The first-order valence-corrected chi connectivity index (χ1v) is 5.58. The van der Waals surface area contributed by atoms with Crippen LogP contribution in [-0.4, -0.2) is 10.2 Å². The number of aromatic nitrogens is 2. The van der Waals surface area contributed by atoms with Crippen LogP contribution >= 0.6 is 22.9 Å². The Bertz CT molecular complexity index is 419. The molecule has 0 spiro atoms. The van der Waals surface area contributed by atoms with Gasteiger partial charge in [-0.2, -0.15) is 5.10 Å². The highest BCUT2D eigenvalue weighted by atomic mass is 35.5. The van der Waals surface area contributed by atoms with E-state index < -0.39 is 0 Å². The molecule has 73 valence electrons. The van der Waals surface area contributed by atoms with Gasteiger partial charge in [0.1, 0.15) is 5.69 Å². The molecule has 0 aliphatic carbocycles. The van der Waals surface area contributed by atoms with Gasteiger partial charge in [-0.25, -0.2) is 0 Å². The molecule has 0 fully saturated rings. The van der Waals surface area contributed by atoms with Gasteiger partial charge in [-0.1, -0.05) is 18.5 Å². The van der Waals surface area contributed by atoms with E-state index in [2.05, 4.69) is 17.1 Å². The number of halogens is 1. The lowest BCUT2D eigenvalue weighted by Crippen LogP contribution is -1.83. The number of aromatic amines is 1. The Morgan fingerprint density at radius 2 is 2.36 bits per heavy atom. The Balaban J connectivity index is 2.36. The van der Waals surface area contributed by atoms with Gasteiger partial charge in [-0.05, 0) is 30.5 Å². The summed E-state index contributed by atoms with van der Waals surface area (Å²) in [6.07, 6.45) is 3.75. The van der Waals surface area contributed by atoms with Gasteiger partial charge in [-0.3, -0.25) is 5.10 Å². The Morgan fingerprint density at radius 1 is 1.50 bits per heavy atom. The van der Waals surface area contributed by atoms with Crippen molar-refractivity contribution >= 4 is 22.9 Å². The lowest BCUT2D eigenvalue weighted by molar-refractivity contribution is 1.00. The average Bonchev–Trinajstić information content (AvgIpc) is 2.74. The molecule has 2 aromatic rings. The smallest absolute Gasteiger partial charge is 0.105 e. The van der Waals surface area contributed by atoms with Crippen molar-refractivity contribution in [2.75, 3.05) is 0 Å². The van der Waals surface area contributed by atoms with E-state index in [1.807, 2.05) is 18.3 Å². The van der Waals surface area contributed by atoms with Crippen molar-refractivity contribution in [2.24, 2.45) is 0 Å². The highest BCUT2D eigenvalue weighted by molar-refractivity contribution is 7.19. The van der Waals surface area contributed by atoms with Crippen molar-refractivity contribution in [2.45, 2.75) is 12.8 Å². The Morgan fingerprint density at radius 3 is 3.00 bits per heavy atom. The van der Waals surface area contributed by atoms with E-state index >= 15 is 0 Å². The molecule has 0 aliphatic rings. The Hall–Kier alpha value is -0.800. The van der Waals surface area contributed by atoms with Crippen molar-refractivity contribution in [3.63, 3.8) is 0 Å². The predicted molar refractivity (Wildman–Crippen MR) is 60.6 cm³/mol. The van der Waals surface area contributed by atoms with Gasteiger partial charge >= 0.3 is 0 Å². The van der Waals surface area contributed by atoms with E-state index in [1.165, 1.54) is 5.56 Å². The Labute approximate surface area is 91.9 Å². The summed E-state index contributed by atoms with van der Waals surface area (Å²) in [5.74, 6) is 0. The topological polar surface area (TPSA) is 28.7 Å². The molecule has 0 saturated heterocycles. The maximum Gasteiger partial charge on any atom is 0.105 e. The zero-order chi connectivity index (χ0) is 9.97. The van der Waals surface area contributed by atoms with Crippen LogP contribution in [0.2, 0.25) is 4.34 Å². The molecule has 0 atom stereocenters. The number of H-pyrrole nitrogens is 1. The Kier molecular flexibility index (Phi) is 2.89. The van der Waals surface area contributed by atoms with Crippen LogP contribution in [0.15, 0.2) is 18.3 Å². The molecule has 2 heterocycles. The number of nitrogens with zero attached hydrogens (tertiary/aromatic N) is 1. The van der Waals surface area contributed by atoms with Gasteiger partial charge < -0.3 is 0 Å². The van der Waals surface area contributed by atoms with Crippen molar-refractivity contribution < 1.29 is 0 Å². The highest BCUT2D eigenvalue weighted by Gasteiger charge is 2.09. The van der Waals surface area contributed by atoms with Crippen LogP contribution < -0.4 is 0 Å². The number of nitrogens with one attached hydrogen (secondary N) is 1. The highest BCUT2D eigenvalue weighted by Crippen LogP contribution is 2.31. The third-order valence-corrected chi connectivity index (χ3v) is 3.21. The van der Waals surface area contributed by atoms with Gasteiger partial charge in [0.05, 0.1) is 9.21 Å². The van der Waals surface area contributed by atoms with Gasteiger partial charge in [-0.15, -0.1) is 11.3 Å². The molecule has 14 heavy (non-hydrogen) atoms. The average molecular weight is 226 g/mol. The maximum absolute atomic E-state index is 5.87. The fourth-order valence-electron chi connectivity index (χ4n) is 1.35. The molecule has 4 heteroatoms. The quantitative estimate of drug-likeness (QED) is 0.850. The van der Waals surface area contributed by atoms with Crippen molar-refractivity contribution in [1.29, 1.82) is 0 Å². The van der Waals surface area contributed by atoms with Crippen LogP contribution in [0, 0.1) is 6.92 Å². The summed E-state index contributed by atoms with van der Waals surface area (Å²) >= 11 is 7.42. The van der Waals surface area contributed by atoms with Crippen LogP contribution in [0.25, 0.3) is 10.6 Å². The van der Waals surface area contributed by atoms with Gasteiger partial charge in [0.15, 0.2) is 0 Å². The zero-order valence-corrected chi connectivity index (χ0v) is 9.16. The van der Waals surface area contributed by atoms with Crippen LogP contribution in [0.1, 0.15) is 12.0 Å². The number of hydrogen-bond donors (Lipinski definition) is 1. The number of hydrogen-bond acceptors (Lipinski definition) is 2. The molecule has 1 N–H and O–H groups in total. The summed E-state index contributed by atoms with van der Waals surface area (Å²) in [6.45, 7) is 3.84. The first-order chi connectivity index (χ1) is 6.81. The molecule has 2 rings (SSSR count). The van der Waals surface area contributed by atoms with Gasteiger partial charge in [0.2, 0.25) is 0 Å². The second-order valence-corrected chi connectivity index (χ2v) is 4.68. The fourth-order valence-corrected chi connectivity index (χ4v) is 2.42. The predicted octanol–water partition coefficient (Wildman–Crippen LogP) is 3.56. The van der Waals surface area contributed by atoms with E-state index in [0.29, 0.717) is 0 Å². The number of rotatable bonds is 3. The number of aryl methyl sites for hydroxylation is 1. The second-order valence-electron chi connectivity index (χ2n) is 2.97. The van der Waals surface area contributed by atoms with E-state index in [4.69, 9.17) is 11.6 Å². The van der Waals surface area contributed by atoms with Gasteiger partial charge in [0, 0.05) is 6.20 Å². The summed E-state index contributed by atoms with van der Waals surface area (Å²) in [5, 5.41) is 7.09. The molecule has 2 nitrogen and oxygen atoms in total. The molecular weight excluding hydrogens is 216 g/mol. The molecule has 2 aromatic heterocycles. The van der Waals surface area contributed by atoms with Crippen LogP contribution in [-0.2, 0) is 6.42 Å². The molecular formula is C10H10ClN2S. The number of thiophene rings is 1. The second kappa shape index (κ2) is 4.15. The largest absolute Gasteiger partial charge is 0.285 e. The standard InChI is InChI=1S/C10H10ClN2S/c1-2-3-7-6-12-13-10(7)8-4-5-9(11)14-8/h4-6H,1-3H2,(H,12,13). The monoisotopic (exact) mass is 225 g/mol. The van der Waals surface area contributed by atoms with E-state index in [-0.39, 0.29) is 0 Å². The minimum absolute atomic E-state index is 0.795. The molecule has 1 radical (unpaired) electrons. The van der Waals surface area contributed by atoms with Crippen molar-refractivity contribution in [1.82, 2.24) is 10.2 Å². The third kappa shape index (κ3) is 1.83. The third-order valence-electron chi connectivity index (χ3n) is 1.97.